The van der Waals surface area contributed by atoms with Crippen LogP contribution in [0.4, 0.5) is 0 Å². The molecule has 0 aromatic rings. The van der Waals surface area contributed by atoms with E-state index in [1.54, 1.807) is 7.05 Å². The minimum atomic E-state index is -3.40. The van der Waals surface area contributed by atoms with E-state index >= 15 is 0 Å². The molecule has 0 aliphatic rings. The Balaban J connectivity index is 5.16. The highest BCUT2D eigenvalue weighted by Gasteiger charge is 2.32. The summed E-state index contributed by atoms with van der Waals surface area (Å²) in [5.41, 5.74) is 0. The highest BCUT2D eigenvalue weighted by Crippen LogP contribution is 2.18. The Kier molecular flexibility index (Phi) is 7.63. The van der Waals surface area contributed by atoms with Crippen LogP contribution in [0.5, 0.6) is 0 Å². The zero-order valence-electron chi connectivity index (χ0n) is 11.5. The first-order valence-electron chi connectivity index (χ1n) is 6.13. The van der Waals surface area contributed by atoms with Crippen LogP contribution < -0.4 is 0 Å². The van der Waals surface area contributed by atoms with Gasteiger partial charge in [-0.1, -0.05) is 13.8 Å². The zero-order chi connectivity index (χ0) is 13.6. The first kappa shape index (κ1) is 17.2. The average molecular weight is 285 g/mol. The van der Waals surface area contributed by atoms with Crippen molar-refractivity contribution in [2.24, 2.45) is 0 Å². The molecular formula is C11H25ClN2O2S. The third kappa shape index (κ3) is 4.39. The monoisotopic (exact) mass is 284 g/mol. The normalized spacial score (nSPS) is 13.3. The van der Waals surface area contributed by atoms with Gasteiger partial charge in [-0.15, -0.1) is 11.6 Å². The van der Waals surface area contributed by atoms with Gasteiger partial charge >= 0.3 is 0 Å². The predicted molar refractivity (Wildman–Crippen MR) is 73.6 cm³/mol. The van der Waals surface area contributed by atoms with Gasteiger partial charge in [-0.3, -0.25) is 0 Å². The third-order valence-electron chi connectivity index (χ3n) is 3.04. The van der Waals surface area contributed by atoms with Crippen LogP contribution in [0.3, 0.4) is 0 Å². The van der Waals surface area contributed by atoms with Gasteiger partial charge in [0.2, 0.25) is 0 Å². The molecule has 0 aliphatic carbocycles. The lowest BCUT2D eigenvalue weighted by molar-refractivity contribution is 0.279. The minimum absolute atomic E-state index is 0.0277. The van der Waals surface area contributed by atoms with Crippen molar-refractivity contribution in [1.29, 1.82) is 0 Å². The molecule has 0 spiro atoms. The first-order chi connectivity index (χ1) is 7.82. The van der Waals surface area contributed by atoms with E-state index in [-0.39, 0.29) is 12.1 Å². The standard InChI is InChI=1S/C11H25ClN2O2S/c1-6-11(7-2)14(9-8-12)17(15,16)13(5)10(3)4/h10-11H,6-9H2,1-5H3. The molecule has 0 amide bonds. The summed E-state index contributed by atoms with van der Waals surface area (Å²) in [4.78, 5) is 0. The van der Waals surface area contributed by atoms with Crippen molar-refractivity contribution in [2.75, 3.05) is 19.5 Å². The van der Waals surface area contributed by atoms with Crippen molar-refractivity contribution in [3.05, 3.63) is 0 Å². The Morgan fingerprint density at radius 2 is 1.65 bits per heavy atom. The summed E-state index contributed by atoms with van der Waals surface area (Å²) in [5, 5.41) is 0. The van der Waals surface area contributed by atoms with Crippen LogP contribution >= 0.6 is 11.6 Å². The SMILES string of the molecule is CCC(CC)N(CCCl)S(=O)(=O)N(C)C(C)C. The Bertz CT molecular complexity index is 303. The van der Waals surface area contributed by atoms with E-state index in [9.17, 15) is 8.42 Å². The van der Waals surface area contributed by atoms with Gasteiger partial charge in [0.1, 0.15) is 0 Å². The maximum absolute atomic E-state index is 12.4. The van der Waals surface area contributed by atoms with Gasteiger partial charge in [0.25, 0.3) is 10.2 Å². The van der Waals surface area contributed by atoms with E-state index < -0.39 is 10.2 Å². The topological polar surface area (TPSA) is 40.6 Å². The minimum Gasteiger partial charge on any atom is -0.195 e. The lowest BCUT2D eigenvalue weighted by Gasteiger charge is -2.34. The van der Waals surface area contributed by atoms with Crippen LogP contribution in [0.25, 0.3) is 0 Å². The molecule has 17 heavy (non-hydrogen) atoms. The van der Waals surface area contributed by atoms with Crippen molar-refractivity contribution in [1.82, 2.24) is 8.61 Å². The van der Waals surface area contributed by atoms with Gasteiger partial charge in [-0.2, -0.15) is 17.0 Å². The Morgan fingerprint density at radius 3 is 1.94 bits per heavy atom. The molecule has 0 saturated heterocycles. The summed E-state index contributed by atoms with van der Waals surface area (Å²) < 4.78 is 27.8. The van der Waals surface area contributed by atoms with Crippen molar-refractivity contribution in [2.45, 2.75) is 52.6 Å². The molecule has 0 atom stereocenters. The molecule has 0 radical (unpaired) electrons. The van der Waals surface area contributed by atoms with Crippen LogP contribution in [-0.4, -0.2) is 48.6 Å². The zero-order valence-corrected chi connectivity index (χ0v) is 13.1. The number of hydrogen-bond acceptors (Lipinski definition) is 2. The number of nitrogens with zero attached hydrogens (tertiary/aromatic N) is 2. The Labute approximate surface area is 111 Å². The average Bonchev–Trinajstić information content (AvgIpc) is 2.28. The predicted octanol–water partition coefficient (Wildman–Crippen LogP) is 2.30. The Hall–Kier alpha value is 0.160. The van der Waals surface area contributed by atoms with Gasteiger partial charge in [-0.25, -0.2) is 0 Å². The van der Waals surface area contributed by atoms with Crippen LogP contribution in [0, 0.1) is 0 Å². The highest BCUT2D eigenvalue weighted by molar-refractivity contribution is 7.86. The summed E-state index contributed by atoms with van der Waals surface area (Å²) in [5.74, 6) is 0.321. The van der Waals surface area contributed by atoms with Crippen LogP contribution in [0.2, 0.25) is 0 Å². The maximum Gasteiger partial charge on any atom is 0.282 e. The van der Waals surface area contributed by atoms with E-state index in [2.05, 4.69) is 0 Å². The molecule has 0 aromatic heterocycles. The second kappa shape index (κ2) is 7.56. The quantitative estimate of drug-likeness (QED) is 0.642. The van der Waals surface area contributed by atoms with Crippen molar-refractivity contribution in [3.63, 3.8) is 0 Å². The van der Waals surface area contributed by atoms with Gasteiger partial charge in [0.15, 0.2) is 0 Å². The fraction of sp³-hybridized carbons (Fsp3) is 1.00. The summed E-state index contributed by atoms with van der Waals surface area (Å²) in [6.07, 6.45) is 1.61. The van der Waals surface area contributed by atoms with Crippen LogP contribution in [0.1, 0.15) is 40.5 Å². The molecule has 6 heteroatoms. The summed E-state index contributed by atoms with van der Waals surface area (Å²) in [6, 6.07) is -0.0212. The maximum atomic E-state index is 12.4. The van der Waals surface area contributed by atoms with E-state index in [0.29, 0.717) is 12.4 Å². The van der Waals surface area contributed by atoms with Crippen molar-refractivity contribution < 1.29 is 8.42 Å². The van der Waals surface area contributed by atoms with Gasteiger partial charge in [0.05, 0.1) is 0 Å². The van der Waals surface area contributed by atoms with Gasteiger partial charge < -0.3 is 0 Å². The van der Waals surface area contributed by atoms with Gasteiger partial charge in [0, 0.05) is 31.6 Å². The molecule has 0 saturated carbocycles. The van der Waals surface area contributed by atoms with E-state index in [1.807, 2.05) is 27.7 Å². The fourth-order valence-corrected chi connectivity index (χ4v) is 3.84. The third-order valence-corrected chi connectivity index (χ3v) is 5.43. The second-order valence-electron chi connectivity index (χ2n) is 4.39. The first-order valence-corrected chi connectivity index (χ1v) is 8.06. The summed E-state index contributed by atoms with van der Waals surface area (Å²) in [7, 11) is -1.79. The highest BCUT2D eigenvalue weighted by atomic mass is 35.5. The van der Waals surface area contributed by atoms with Crippen molar-refractivity contribution >= 4 is 21.8 Å². The molecule has 4 nitrogen and oxygen atoms in total. The number of alkyl halides is 1. The Morgan fingerprint density at radius 1 is 1.18 bits per heavy atom. The molecule has 0 heterocycles. The fourth-order valence-electron chi connectivity index (χ4n) is 1.70. The van der Waals surface area contributed by atoms with E-state index in [1.165, 1.54) is 8.61 Å². The number of rotatable bonds is 8. The molecule has 0 rings (SSSR count). The molecule has 0 unspecified atom stereocenters. The van der Waals surface area contributed by atoms with Gasteiger partial charge in [-0.05, 0) is 26.7 Å². The summed E-state index contributed by atoms with van der Waals surface area (Å²) >= 11 is 5.72. The van der Waals surface area contributed by atoms with E-state index in [0.717, 1.165) is 12.8 Å². The molecule has 104 valence electrons. The van der Waals surface area contributed by atoms with E-state index in [4.69, 9.17) is 11.6 Å². The largest absolute Gasteiger partial charge is 0.282 e. The summed E-state index contributed by atoms with van der Waals surface area (Å²) in [6.45, 7) is 8.10. The smallest absolute Gasteiger partial charge is 0.195 e. The number of hydrogen-bond donors (Lipinski definition) is 0. The molecule has 0 fully saturated rings. The van der Waals surface area contributed by atoms with Crippen molar-refractivity contribution in [3.8, 4) is 0 Å². The van der Waals surface area contributed by atoms with Crippen LogP contribution in [0.15, 0.2) is 0 Å². The molecular weight excluding hydrogens is 260 g/mol. The molecule has 0 aromatic carbocycles. The molecule has 0 aliphatic heterocycles. The lowest BCUT2D eigenvalue weighted by atomic mass is 10.2. The molecule has 0 bridgehead atoms. The second-order valence-corrected chi connectivity index (χ2v) is 6.71. The molecule has 0 N–H and O–H groups in total. The number of halogens is 1. The lowest BCUT2D eigenvalue weighted by Crippen LogP contribution is -2.49. The van der Waals surface area contributed by atoms with Crippen LogP contribution in [-0.2, 0) is 10.2 Å².